The molecule has 0 amide bonds. The number of hydrogen-bond acceptors (Lipinski definition) is 8. The monoisotopic (exact) mass is 1790 g/mol. The maximum Gasteiger partial charge on any atom is 0.159 e. The maximum atomic E-state index is 7.96. The lowest BCUT2D eigenvalue weighted by Gasteiger charge is -2.31. The smallest absolute Gasteiger partial charge is 0.159 e. The number of aryl methyl sites for hydroxylation is 4. The lowest BCUT2D eigenvalue weighted by Crippen LogP contribution is -2.13. The lowest BCUT2D eigenvalue weighted by molar-refractivity contribution is 0.442. The van der Waals surface area contributed by atoms with Crippen LogP contribution in [0.2, 0.25) is 0 Å². The Balaban J connectivity index is 0.674. The standard InChI is InChI=1S/C130H106N4O4/c1-77-29-11-19-51-107(77)131(115-55-27-49-97-95-45-23-41-91(123(95)135-127(97)115)81-33-7-5-8-34-81)111-69-61-85-59-67-103-113(71-63-87-57-65-101(111)119(85)121(87)103)133(109-53-21-13-31-79(109)3)117-75-89(73-105-99-47-25-43-93(125(99)137-129(105)117)82-35-9-6-10-36-82)90-74-106-100-48-26-44-94(84-39-17-18-40-84)126(100)138-130(106)118(76-90)134(110-54-22-14-32-80(110)4)114-72-64-88-58-66-102-112(70-62-86-60-68-104(114)122(88)120(86)102)132(108-52-20-12-30-78(108)2)116-56-28-50-98-96-46-24-42-92(83-37-15-16-38-83)124(96)136-128(98)116/h11-14,19-32,41-76,81-84H,5-10,15-18,33-40H2,1-4H3. The molecule has 8 nitrogen and oxygen atoms in total. The summed E-state index contributed by atoms with van der Waals surface area (Å²) in [5.41, 5.74) is 32.1. The molecule has 4 fully saturated rings. The molecule has 0 bridgehead atoms. The van der Waals surface area contributed by atoms with Crippen molar-refractivity contribution in [2.24, 2.45) is 0 Å². The summed E-state index contributed by atoms with van der Waals surface area (Å²) >= 11 is 0. The average molecular weight is 1790 g/mol. The Morgan fingerprint density at radius 2 is 0.399 bits per heavy atom. The van der Waals surface area contributed by atoms with Crippen LogP contribution in [0, 0.1) is 27.7 Å². The quantitative estimate of drug-likeness (QED) is 0.0836. The van der Waals surface area contributed by atoms with Gasteiger partial charge in [0.2, 0.25) is 0 Å². The lowest BCUT2D eigenvalue weighted by atomic mass is 9.83. The molecule has 0 unspecified atom stereocenters. The SMILES string of the molecule is Cc1ccccc1N(c1ccc2ccc3c(N(c4ccccc4C)c4cc(-c5cc(N(c6ccccc6C)c6ccc7ccc8c(N(c9ccccc9C)c9cccc%10c9oc9c(C%11CCCC%11)cccc9%10)ccc9ccc6c7c98)c6oc7c(C8CCCC8)cccc7c6c5)cc5c4oc4c(C6CCCCC6)cccc45)ccc4ccc1c2c43)c1cccc2c1oc1c(C3CCCCC3)cccc12. The number of anilines is 12. The Labute approximate surface area is 802 Å². The van der Waals surface area contributed by atoms with Crippen molar-refractivity contribution in [3.8, 4) is 11.1 Å². The molecule has 0 aliphatic heterocycles. The van der Waals surface area contributed by atoms with Crippen LogP contribution in [0.1, 0.15) is 184 Å². The molecule has 0 saturated heterocycles. The number of furan rings is 4. The fourth-order valence-electron chi connectivity index (χ4n) is 26.2. The molecule has 4 aliphatic rings. The largest absolute Gasteiger partial charge is 0.454 e. The fourth-order valence-corrected chi connectivity index (χ4v) is 26.2. The first-order valence-electron chi connectivity index (χ1n) is 50.9. The summed E-state index contributed by atoms with van der Waals surface area (Å²) < 4.78 is 30.8. The number of rotatable bonds is 17. The third kappa shape index (κ3) is 12.6. The van der Waals surface area contributed by atoms with Gasteiger partial charge in [0.15, 0.2) is 22.3 Å². The highest BCUT2D eigenvalue weighted by molar-refractivity contribution is 6.32. The van der Waals surface area contributed by atoms with Gasteiger partial charge in [0.05, 0.1) is 45.5 Å². The van der Waals surface area contributed by atoms with E-state index in [1.54, 1.807) is 0 Å². The van der Waals surface area contributed by atoms with Crippen molar-refractivity contribution in [3.05, 3.63) is 372 Å². The van der Waals surface area contributed by atoms with Crippen molar-refractivity contribution in [1.29, 1.82) is 0 Å². The summed E-state index contributed by atoms with van der Waals surface area (Å²) in [7, 11) is 0. The van der Waals surface area contributed by atoms with Crippen molar-refractivity contribution in [1.82, 2.24) is 0 Å². The zero-order valence-electron chi connectivity index (χ0n) is 78.6. The summed E-state index contributed by atoms with van der Waals surface area (Å²) in [6.45, 7) is 9.05. The normalized spacial score (nSPS) is 15.2. The van der Waals surface area contributed by atoms with Gasteiger partial charge in [0, 0.05) is 87.4 Å². The van der Waals surface area contributed by atoms with E-state index >= 15 is 0 Å². The van der Waals surface area contributed by atoms with Gasteiger partial charge in [0.1, 0.15) is 22.3 Å². The zero-order valence-corrected chi connectivity index (χ0v) is 78.6. The van der Waals surface area contributed by atoms with Crippen LogP contribution in [0.15, 0.2) is 345 Å². The molecule has 28 rings (SSSR count). The van der Waals surface area contributed by atoms with E-state index in [1.165, 1.54) is 177 Å². The van der Waals surface area contributed by atoms with Crippen molar-refractivity contribution in [3.63, 3.8) is 0 Å². The Morgan fingerprint density at radius 1 is 0.174 bits per heavy atom. The number of benzene rings is 20. The molecule has 4 aliphatic carbocycles. The second-order valence-electron chi connectivity index (χ2n) is 40.7. The first kappa shape index (κ1) is 81.3. The number of para-hydroxylation sites is 10. The minimum absolute atomic E-state index is 0.378. The number of nitrogens with zero attached hydrogens (tertiary/aromatic N) is 4. The number of hydrogen-bond donors (Lipinski definition) is 0. The predicted octanol–water partition coefficient (Wildman–Crippen LogP) is 39.3. The maximum absolute atomic E-state index is 7.96. The van der Waals surface area contributed by atoms with Crippen molar-refractivity contribution in [2.75, 3.05) is 19.6 Å². The van der Waals surface area contributed by atoms with Crippen molar-refractivity contribution < 1.29 is 17.7 Å². The molecule has 20 aromatic carbocycles. The van der Waals surface area contributed by atoms with E-state index in [-0.39, 0.29) is 0 Å². The van der Waals surface area contributed by atoms with Crippen LogP contribution in [-0.4, -0.2) is 0 Å². The Bertz CT molecular complexity index is 9060. The molecule has 138 heavy (non-hydrogen) atoms. The molecule has 24 aromatic rings. The van der Waals surface area contributed by atoms with E-state index in [0.29, 0.717) is 23.7 Å². The summed E-state index contributed by atoms with van der Waals surface area (Å²) in [6, 6.07) is 125. The molecule has 0 radical (unpaired) electrons. The summed E-state index contributed by atoms with van der Waals surface area (Å²) in [5.74, 6) is 1.73. The van der Waals surface area contributed by atoms with Gasteiger partial charge in [-0.1, -0.05) is 307 Å². The van der Waals surface area contributed by atoms with Gasteiger partial charge in [0.25, 0.3) is 0 Å². The van der Waals surface area contributed by atoms with Crippen LogP contribution in [-0.2, 0) is 0 Å². The molecule has 0 atom stereocenters. The van der Waals surface area contributed by atoms with Crippen LogP contribution in [0.4, 0.5) is 68.2 Å². The van der Waals surface area contributed by atoms with Crippen LogP contribution in [0.3, 0.4) is 0 Å². The third-order valence-electron chi connectivity index (χ3n) is 32.9. The van der Waals surface area contributed by atoms with E-state index in [0.717, 1.165) is 215 Å². The van der Waals surface area contributed by atoms with Crippen LogP contribution >= 0.6 is 0 Å². The second-order valence-corrected chi connectivity index (χ2v) is 40.7. The molecule has 4 heterocycles. The zero-order chi connectivity index (χ0) is 91.2. The molecule has 4 aromatic heterocycles. The van der Waals surface area contributed by atoms with Gasteiger partial charge in [-0.3, -0.25) is 0 Å². The molecule has 670 valence electrons. The highest BCUT2D eigenvalue weighted by atomic mass is 16.3. The Kier molecular flexibility index (Phi) is 19.0. The minimum atomic E-state index is 0.378. The second kappa shape index (κ2) is 32.3. The average Bonchev–Trinajstić information content (AvgIpc) is 1.12. The van der Waals surface area contributed by atoms with Gasteiger partial charge in [-0.15, -0.1) is 0 Å². The molecular weight excluding hydrogens is 1680 g/mol. The first-order chi connectivity index (χ1) is 68.1. The first-order valence-corrected chi connectivity index (χ1v) is 50.9. The van der Waals surface area contributed by atoms with Gasteiger partial charge in [-0.25, -0.2) is 0 Å². The van der Waals surface area contributed by atoms with E-state index in [1.807, 2.05) is 0 Å². The highest BCUT2D eigenvalue weighted by Gasteiger charge is 2.36. The van der Waals surface area contributed by atoms with E-state index in [9.17, 15) is 0 Å². The fraction of sp³-hybridized carbons (Fsp3) is 0.200. The van der Waals surface area contributed by atoms with Crippen LogP contribution in [0.5, 0.6) is 0 Å². The summed E-state index contributed by atoms with van der Waals surface area (Å²) in [4.78, 5) is 10.1. The highest BCUT2D eigenvalue weighted by Crippen LogP contribution is 2.59. The molecular formula is C130H106N4O4. The van der Waals surface area contributed by atoms with Gasteiger partial charge < -0.3 is 37.3 Å². The summed E-state index contributed by atoms with van der Waals surface area (Å²) in [5, 5.41) is 23.2. The molecule has 0 spiro atoms. The molecule has 8 heteroatoms. The molecule has 0 N–H and O–H groups in total. The van der Waals surface area contributed by atoms with Gasteiger partial charge >= 0.3 is 0 Å². The molecule has 4 saturated carbocycles. The van der Waals surface area contributed by atoms with E-state index in [4.69, 9.17) is 17.7 Å². The minimum Gasteiger partial charge on any atom is -0.454 e. The van der Waals surface area contributed by atoms with Crippen LogP contribution in [0.25, 0.3) is 164 Å². The van der Waals surface area contributed by atoms with E-state index in [2.05, 4.69) is 375 Å². The topological polar surface area (TPSA) is 65.5 Å². The summed E-state index contributed by atoms with van der Waals surface area (Å²) in [6.07, 6.45) is 21.7. The van der Waals surface area contributed by atoms with Crippen molar-refractivity contribution >= 4 is 221 Å². The number of fused-ring (bicyclic) bond motifs is 12. The van der Waals surface area contributed by atoms with E-state index < -0.39 is 0 Å². The van der Waals surface area contributed by atoms with Gasteiger partial charge in [-0.2, -0.15) is 0 Å². The Hall–Kier alpha value is -15.1. The predicted molar refractivity (Wildman–Crippen MR) is 580 cm³/mol. The van der Waals surface area contributed by atoms with Gasteiger partial charge in [-0.05, 0) is 286 Å². The van der Waals surface area contributed by atoms with Crippen LogP contribution < -0.4 is 19.6 Å². The Morgan fingerprint density at radius 3 is 0.681 bits per heavy atom. The van der Waals surface area contributed by atoms with Crippen molar-refractivity contribution in [2.45, 2.75) is 167 Å². The third-order valence-corrected chi connectivity index (χ3v) is 32.9.